The summed E-state index contributed by atoms with van der Waals surface area (Å²) in [5, 5.41) is 15.3. The van der Waals surface area contributed by atoms with E-state index in [4.69, 9.17) is 20.3 Å². The Labute approximate surface area is 95.0 Å². The first-order valence-electron chi connectivity index (χ1n) is 4.98. The number of nitrogens with zero attached hydrogens (tertiary/aromatic N) is 4. The van der Waals surface area contributed by atoms with Crippen molar-refractivity contribution in [2.45, 2.75) is 25.2 Å². The number of nitrogens with one attached hydrogen (secondary N) is 1. The number of ether oxygens (including phenoxy) is 2. The lowest BCUT2D eigenvalue weighted by atomic mass is 10.2. The minimum Gasteiger partial charge on any atom is -0.356 e. The molecule has 1 unspecified atom stereocenters. The van der Waals surface area contributed by atoms with Crippen molar-refractivity contribution in [2.24, 2.45) is 5.11 Å². The lowest BCUT2D eigenvalue weighted by Gasteiger charge is -2.17. The predicted molar refractivity (Wildman–Crippen MR) is 58.5 cm³/mol. The van der Waals surface area contributed by atoms with E-state index in [0.717, 1.165) is 0 Å². The summed E-state index contributed by atoms with van der Waals surface area (Å²) in [5.74, 6) is 0. The highest BCUT2D eigenvalue weighted by molar-refractivity contribution is 4.90. The van der Waals surface area contributed by atoms with E-state index in [2.05, 4.69) is 21.4 Å². The van der Waals surface area contributed by atoms with E-state index in [0.29, 0.717) is 25.9 Å². The summed E-state index contributed by atoms with van der Waals surface area (Å²) in [5.41, 5.74) is 8.06. The standard InChI is InChI=1S/C9H17N5O2/c1-15-9(16-2)6-8(7-10)12-4-3-5-13-14-11/h8-9,12H,3-6H2,1-2H3. The van der Waals surface area contributed by atoms with Crippen LogP contribution in [0.15, 0.2) is 5.11 Å². The monoisotopic (exact) mass is 227 g/mol. The zero-order valence-electron chi connectivity index (χ0n) is 9.59. The molecule has 0 aliphatic carbocycles. The van der Waals surface area contributed by atoms with E-state index in [1.807, 2.05) is 0 Å². The number of methoxy groups -OCH3 is 2. The topological polar surface area (TPSA) is 103 Å². The third kappa shape index (κ3) is 7.04. The molecule has 0 saturated heterocycles. The fourth-order valence-electron chi connectivity index (χ4n) is 1.13. The van der Waals surface area contributed by atoms with Crippen LogP contribution in [0.3, 0.4) is 0 Å². The fraction of sp³-hybridized carbons (Fsp3) is 0.889. The van der Waals surface area contributed by atoms with Crippen molar-refractivity contribution in [1.29, 1.82) is 5.26 Å². The highest BCUT2D eigenvalue weighted by Gasteiger charge is 2.13. The summed E-state index contributed by atoms with van der Waals surface area (Å²) in [4.78, 5) is 2.64. The maximum absolute atomic E-state index is 8.86. The molecule has 0 rings (SSSR count). The molecule has 16 heavy (non-hydrogen) atoms. The predicted octanol–water partition coefficient (Wildman–Crippen LogP) is 1.18. The Morgan fingerprint density at radius 1 is 1.50 bits per heavy atom. The third-order valence-corrected chi connectivity index (χ3v) is 2.00. The molecular weight excluding hydrogens is 210 g/mol. The first-order valence-corrected chi connectivity index (χ1v) is 4.98. The molecule has 1 atom stereocenters. The van der Waals surface area contributed by atoms with Gasteiger partial charge in [0.25, 0.3) is 0 Å². The smallest absolute Gasteiger partial charge is 0.159 e. The number of azide groups is 1. The van der Waals surface area contributed by atoms with Crippen molar-refractivity contribution in [3.63, 3.8) is 0 Å². The number of nitriles is 1. The van der Waals surface area contributed by atoms with Gasteiger partial charge in [0.05, 0.1) is 6.07 Å². The second-order valence-electron chi connectivity index (χ2n) is 3.08. The molecule has 0 amide bonds. The van der Waals surface area contributed by atoms with Gasteiger partial charge >= 0.3 is 0 Å². The van der Waals surface area contributed by atoms with Gasteiger partial charge in [-0.2, -0.15) is 5.26 Å². The van der Waals surface area contributed by atoms with Crippen LogP contribution in [0.5, 0.6) is 0 Å². The van der Waals surface area contributed by atoms with Gasteiger partial charge in [0.1, 0.15) is 6.04 Å². The first kappa shape index (κ1) is 14.7. The average molecular weight is 227 g/mol. The SMILES string of the molecule is COC(CC(C#N)NCCCN=[N+]=[N-])OC. The molecule has 0 bridgehead atoms. The molecular formula is C9H17N5O2. The van der Waals surface area contributed by atoms with E-state index >= 15 is 0 Å². The maximum atomic E-state index is 8.86. The van der Waals surface area contributed by atoms with E-state index < -0.39 is 0 Å². The van der Waals surface area contributed by atoms with Gasteiger partial charge < -0.3 is 14.8 Å². The highest BCUT2D eigenvalue weighted by Crippen LogP contribution is 2.02. The summed E-state index contributed by atoms with van der Waals surface area (Å²) in [6.45, 7) is 1.05. The third-order valence-electron chi connectivity index (χ3n) is 2.00. The molecule has 90 valence electrons. The van der Waals surface area contributed by atoms with Gasteiger partial charge in [-0.15, -0.1) is 0 Å². The van der Waals surface area contributed by atoms with Crippen LogP contribution < -0.4 is 5.32 Å². The quantitative estimate of drug-likeness (QED) is 0.210. The van der Waals surface area contributed by atoms with E-state index in [1.54, 1.807) is 0 Å². The zero-order valence-corrected chi connectivity index (χ0v) is 9.59. The van der Waals surface area contributed by atoms with Gasteiger partial charge in [-0.3, -0.25) is 0 Å². The molecule has 0 aliphatic heterocycles. The second-order valence-corrected chi connectivity index (χ2v) is 3.08. The van der Waals surface area contributed by atoms with Crippen LogP contribution in [-0.4, -0.2) is 39.6 Å². The minimum atomic E-state index is -0.380. The molecule has 0 aromatic rings. The molecule has 7 nitrogen and oxygen atoms in total. The molecule has 1 N–H and O–H groups in total. The molecule has 0 aromatic carbocycles. The van der Waals surface area contributed by atoms with Crippen molar-refractivity contribution < 1.29 is 9.47 Å². The van der Waals surface area contributed by atoms with Gasteiger partial charge in [0.2, 0.25) is 0 Å². The van der Waals surface area contributed by atoms with Gasteiger partial charge in [-0.25, -0.2) is 0 Å². The normalized spacial score (nSPS) is 11.9. The molecule has 0 spiro atoms. The Hall–Kier alpha value is -1.32. The van der Waals surface area contributed by atoms with E-state index in [1.165, 1.54) is 14.2 Å². The van der Waals surface area contributed by atoms with Crippen LogP contribution in [-0.2, 0) is 9.47 Å². The summed E-state index contributed by atoms with van der Waals surface area (Å²) in [6.07, 6.45) is 0.784. The van der Waals surface area contributed by atoms with Crippen molar-refractivity contribution in [2.75, 3.05) is 27.3 Å². The minimum absolute atomic E-state index is 0.323. The van der Waals surface area contributed by atoms with Crippen LogP contribution in [0.4, 0.5) is 0 Å². The summed E-state index contributed by atoms with van der Waals surface area (Å²) in [6, 6.07) is 1.79. The molecule has 0 fully saturated rings. The fourth-order valence-corrected chi connectivity index (χ4v) is 1.13. The van der Waals surface area contributed by atoms with Gasteiger partial charge in [0, 0.05) is 32.1 Å². The molecule has 0 aromatic heterocycles. The summed E-state index contributed by atoms with van der Waals surface area (Å²) >= 11 is 0. The van der Waals surface area contributed by atoms with Crippen LogP contribution in [0.2, 0.25) is 0 Å². The van der Waals surface area contributed by atoms with Crippen LogP contribution >= 0.6 is 0 Å². The van der Waals surface area contributed by atoms with Gasteiger partial charge in [-0.1, -0.05) is 5.11 Å². The average Bonchev–Trinajstić information content (AvgIpc) is 2.33. The Kier molecular flexibility index (Phi) is 9.36. The summed E-state index contributed by atoms with van der Waals surface area (Å²) in [7, 11) is 3.06. The van der Waals surface area contributed by atoms with E-state index in [9.17, 15) is 0 Å². The zero-order chi connectivity index (χ0) is 12.2. The van der Waals surface area contributed by atoms with Crippen LogP contribution in [0.25, 0.3) is 10.4 Å². The Morgan fingerprint density at radius 3 is 2.69 bits per heavy atom. The lowest BCUT2D eigenvalue weighted by Crippen LogP contribution is -2.33. The molecule has 0 aliphatic rings. The van der Waals surface area contributed by atoms with Crippen molar-refractivity contribution >= 4 is 0 Å². The van der Waals surface area contributed by atoms with Crippen molar-refractivity contribution in [1.82, 2.24) is 5.32 Å². The van der Waals surface area contributed by atoms with Gasteiger partial charge in [-0.05, 0) is 18.5 Å². The Morgan fingerprint density at radius 2 is 2.19 bits per heavy atom. The Bertz CT molecular complexity index is 255. The Balaban J connectivity index is 3.75. The van der Waals surface area contributed by atoms with Gasteiger partial charge in [0.15, 0.2) is 6.29 Å². The van der Waals surface area contributed by atoms with Crippen LogP contribution in [0, 0.1) is 11.3 Å². The molecule has 0 saturated carbocycles. The number of hydrogen-bond donors (Lipinski definition) is 1. The molecule has 0 heterocycles. The number of hydrogen-bond acceptors (Lipinski definition) is 5. The van der Waals surface area contributed by atoms with Crippen molar-refractivity contribution in [3.8, 4) is 6.07 Å². The molecule has 0 radical (unpaired) electrons. The number of rotatable bonds is 9. The van der Waals surface area contributed by atoms with E-state index in [-0.39, 0.29) is 12.3 Å². The second kappa shape index (κ2) is 10.2. The van der Waals surface area contributed by atoms with Crippen LogP contribution in [0.1, 0.15) is 12.8 Å². The largest absolute Gasteiger partial charge is 0.356 e. The summed E-state index contributed by atoms with van der Waals surface area (Å²) < 4.78 is 9.99. The molecule has 7 heteroatoms. The van der Waals surface area contributed by atoms with Crippen molar-refractivity contribution in [3.05, 3.63) is 10.4 Å². The first-order chi connectivity index (χ1) is 7.78. The lowest BCUT2D eigenvalue weighted by molar-refractivity contribution is -0.108. The maximum Gasteiger partial charge on any atom is 0.159 e. The highest BCUT2D eigenvalue weighted by atomic mass is 16.7.